The summed E-state index contributed by atoms with van der Waals surface area (Å²) in [6, 6.07) is 9.34. The average molecular weight is 492 g/mol. The summed E-state index contributed by atoms with van der Waals surface area (Å²) in [6.45, 7) is 9.03. The number of likely N-dealkylation sites (tertiary alicyclic amines) is 1. The number of aryl methyl sites for hydroxylation is 1. The number of fused-ring (bicyclic) bond motifs is 1. The zero-order valence-electron chi connectivity index (χ0n) is 19.6. The first-order valence-electron chi connectivity index (χ1n) is 11.7. The number of halogens is 4. The molecule has 1 aromatic heterocycles. The normalized spacial score (nSPS) is 17.6. The maximum absolute atomic E-state index is 13.6. The van der Waals surface area contributed by atoms with Gasteiger partial charge in [-0.05, 0) is 74.5 Å². The number of aromatic nitrogens is 2. The van der Waals surface area contributed by atoms with Crippen molar-refractivity contribution in [3.05, 3.63) is 63.2 Å². The molecule has 0 aliphatic carbocycles. The summed E-state index contributed by atoms with van der Waals surface area (Å²) in [5, 5.41) is 0.0937. The van der Waals surface area contributed by atoms with E-state index in [1.54, 1.807) is 22.8 Å². The fourth-order valence-electron chi connectivity index (χ4n) is 4.80. The molecule has 4 nitrogen and oxygen atoms in total. The van der Waals surface area contributed by atoms with Crippen LogP contribution in [0.1, 0.15) is 45.0 Å². The van der Waals surface area contributed by atoms with E-state index in [0.717, 1.165) is 37.8 Å². The second-order valence-electron chi connectivity index (χ2n) is 9.32. The van der Waals surface area contributed by atoms with Crippen LogP contribution in [0.15, 0.2) is 41.2 Å². The Morgan fingerprint density at radius 2 is 1.85 bits per heavy atom. The van der Waals surface area contributed by atoms with Gasteiger partial charge in [-0.25, -0.2) is 4.98 Å². The number of rotatable bonds is 5. The molecular weight excluding hydrogens is 463 g/mol. The molecule has 34 heavy (non-hydrogen) atoms. The smallest absolute Gasteiger partial charge is 0.301 e. The standard InChI is InChI=1S/C26H29ClF3N3O/c1-4-24-31-23-10-8-18(19-7-9-21(22(27)13-19)26(28,29)30)12-20(23)25(34)33(24)15-17-6-5-11-32(14-17)16(2)3/h7-10,12-13,16-17H,4-6,11,14-15H2,1-3H3/t17-/m0/s1. The van der Waals surface area contributed by atoms with Crippen molar-refractivity contribution in [1.29, 1.82) is 0 Å². The third kappa shape index (κ3) is 5.01. The highest BCUT2D eigenvalue weighted by atomic mass is 35.5. The molecule has 0 unspecified atom stereocenters. The number of piperidine rings is 1. The summed E-state index contributed by atoms with van der Waals surface area (Å²) in [5.74, 6) is 1.12. The lowest BCUT2D eigenvalue weighted by Gasteiger charge is -2.35. The zero-order chi connectivity index (χ0) is 24.6. The van der Waals surface area contributed by atoms with E-state index in [1.807, 2.05) is 6.92 Å². The lowest BCUT2D eigenvalue weighted by Crippen LogP contribution is -2.42. The van der Waals surface area contributed by atoms with Crippen molar-refractivity contribution in [2.24, 2.45) is 5.92 Å². The minimum absolute atomic E-state index is 0.108. The number of alkyl halides is 3. The molecule has 0 saturated carbocycles. The fraction of sp³-hybridized carbons (Fsp3) is 0.462. The summed E-state index contributed by atoms with van der Waals surface area (Å²) in [7, 11) is 0. The van der Waals surface area contributed by atoms with E-state index >= 15 is 0 Å². The molecule has 1 saturated heterocycles. The lowest BCUT2D eigenvalue weighted by atomic mass is 9.96. The molecule has 8 heteroatoms. The summed E-state index contributed by atoms with van der Waals surface area (Å²) >= 11 is 5.92. The lowest BCUT2D eigenvalue weighted by molar-refractivity contribution is -0.137. The molecule has 1 aliphatic heterocycles. The predicted molar refractivity (Wildman–Crippen MR) is 130 cm³/mol. The Kier molecular flexibility index (Phi) is 7.06. The van der Waals surface area contributed by atoms with Gasteiger partial charge in [-0.15, -0.1) is 0 Å². The topological polar surface area (TPSA) is 38.1 Å². The Labute approximate surface area is 202 Å². The third-order valence-corrected chi connectivity index (χ3v) is 6.99. The van der Waals surface area contributed by atoms with Crippen LogP contribution in [0.5, 0.6) is 0 Å². The highest BCUT2D eigenvalue weighted by Gasteiger charge is 2.33. The highest BCUT2D eigenvalue weighted by molar-refractivity contribution is 6.31. The van der Waals surface area contributed by atoms with Gasteiger partial charge in [0.2, 0.25) is 0 Å². The monoisotopic (exact) mass is 491 g/mol. The van der Waals surface area contributed by atoms with E-state index in [-0.39, 0.29) is 10.6 Å². The van der Waals surface area contributed by atoms with Gasteiger partial charge in [-0.1, -0.05) is 30.7 Å². The van der Waals surface area contributed by atoms with Crippen molar-refractivity contribution in [3.63, 3.8) is 0 Å². The molecule has 2 aromatic carbocycles. The van der Waals surface area contributed by atoms with Crippen LogP contribution >= 0.6 is 11.6 Å². The van der Waals surface area contributed by atoms with Crippen molar-refractivity contribution in [1.82, 2.24) is 14.5 Å². The molecule has 1 aliphatic rings. The molecule has 0 N–H and O–H groups in total. The van der Waals surface area contributed by atoms with Gasteiger partial charge in [0.05, 0.1) is 21.5 Å². The number of benzene rings is 2. The van der Waals surface area contributed by atoms with Crippen molar-refractivity contribution >= 4 is 22.5 Å². The zero-order valence-corrected chi connectivity index (χ0v) is 20.4. The second kappa shape index (κ2) is 9.70. The molecular formula is C26H29ClF3N3O. The Bertz CT molecular complexity index is 1250. The largest absolute Gasteiger partial charge is 0.417 e. The van der Waals surface area contributed by atoms with Gasteiger partial charge < -0.3 is 4.90 Å². The summed E-state index contributed by atoms with van der Waals surface area (Å²) in [4.78, 5) is 20.8. The van der Waals surface area contributed by atoms with Gasteiger partial charge in [0, 0.05) is 25.6 Å². The molecule has 1 fully saturated rings. The number of nitrogens with zero attached hydrogens (tertiary/aromatic N) is 3. The quantitative estimate of drug-likeness (QED) is 0.413. The summed E-state index contributed by atoms with van der Waals surface area (Å²) < 4.78 is 41.0. The van der Waals surface area contributed by atoms with Crippen LogP contribution < -0.4 is 5.56 Å². The maximum Gasteiger partial charge on any atom is 0.417 e. The minimum atomic E-state index is -4.52. The summed E-state index contributed by atoms with van der Waals surface area (Å²) in [5.41, 5.74) is 0.751. The molecule has 3 aromatic rings. The molecule has 0 radical (unpaired) electrons. The first kappa shape index (κ1) is 24.7. The van der Waals surface area contributed by atoms with Gasteiger partial charge in [0.25, 0.3) is 5.56 Å². The van der Waals surface area contributed by atoms with Crippen LogP contribution in [-0.2, 0) is 19.1 Å². The first-order valence-corrected chi connectivity index (χ1v) is 12.1. The van der Waals surface area contributed by atoms with E-state index in [1.165, 1.54) is 12.1 Å². The van der Waals surface area contributed by atoms with Crippen LogP contribution in [0.3, 0.4) is 0 Å². The molecule has 0 amide bonds. The molecule has 182 valence electrons. The van der Waals surface area contributed by atoms with Crippen LogP contribution in [-0.4, -0.2) is 33.6 Å². The van der Waals surface area contributed by atoms with E-state index in [9.17, 15) is 18.0 Å². The van der Waals surface area contributed by atoms with Crippen molar-refractivity contribution < 1.29 is 13.2 Å². The summed E-state index contributed by atoms with van der Waals surface area (Å²) in [6.07, 6.45) is -1.70. The minimum Gasteiger partial charge on any atom is -0.301 e. The number of hydrogen-bond acceptors (Lipinski definition) is 3. The van der Waals surface area contributed by atoms with Gasteiger partial charge in [0.1, 0.15) is 5.82 Å². The van der Waals surface area contributed by atoms with E-state index in [4.69, 9.17) is 16.6 Å². The van der Waals surface area contributed by atoms with Crippen molar-refractivity contribution in [2.45, 2.75) is 58.8 Å². The third-order valence-electron chi connectivity index (χ3n) is 6.68. The fourth-order valence-corrected chi connectivity index (χ4v) is 5.09. The Balaban J connectivity index is 1.72. The highest BCUT2D eigenvalue weighted by Crippen LogP contribution is 2.37. The Morgan fingerprint density at radius 1 is 1.15 bits per heavy atom. The van der Waals surface area contributed by atoms with E-state index < -0.39 is 11.7 Å². The van der Waals surface area contributed by atoms with Crippen LogP contribution in [0, 0.1) is 5.92 Å². The van der Waals surface area contributed by atoms with E-state index in [0.29, 0.717) is 47.0 Å². The van der Waals surface area contributed by atoms with Gasteiger partial charge in [-0.2, -0.15) is 13.2 Å². The second-order valence-corrected chi connectivity index (χ2v) is 9.73. The SMILES string of the molecule is CCc1nc2ccc(-c3ccc(C(F)(F)F)c(Cl)c3)cc2c(=O)n1C[C@H]1CCCN(C(C)C)C1. The van der Waals surface area contributed by atoms with Gasteiger partial charge in [0.15, 0.2) is 0 Å². The Hall–Kier alpha value is -2.38. The van der Waals surface area contributed by atoms with Crippen LogP contribution in [0.4, 0.5) is 13.2 Å². The first-order chi connectivity index (χ1) is 16.1. The average Bonchev–Trinajstić information content (AvgIpc) is 2.79. The van der Waals surface area contributed by atoms with Crippen molar-refractivity contribution in [2.75, 3.05) is 13.1 Å². The van der Waals surface area contributed by atoms with Crippen LogP contribution in [0.2, 0.25) is 5.02 Å². The van der Waals surface area contributed by atoms with Gasteiger partial charge in [-0.3, -0.25) is 9.36 Å². The Morgan fingerprint density at radius 3 is 2.50 bits per heavy atom. The van der Waals surface area contributed by atoms with Crippen LogP contribution in [0.25, 0.3) is 22.0 Å². The number of hydrogen-bond donors (Lipinski definition) is 0. The van der Waals surface area contributed by atoms with E-state index in [2.05, 4.69) is 18.7 Å². The maximum atomic E-state index is 13.6. The van der Waals surface area contributed by atoms with Crippen molar-refractivity contribution in [3.8, 4) is 11.1 Å². The predicted octanol–water partition coefficient (Wildman–Crippen LogP) is 6.42. The van der Waals surface area contributed by atoms with Gasteiger partial charge >= 0.3 is 6.18 Å². The molecule has 1 atom stereocenters. The molecule has 0 bridgehead atoms. The molecule has 0 spiro atoms. The molecule has 2 heterocycles. The molecule has 4 rings (SSSR count).